The number of nitrogens with two attached hydrogens (primary N) is 1. The number of benzene rings is 1. The van der Waals surface area contributed by atoms with Crippen LogP contribution in [-0.4, -0.2) is 0 Å². The van der Waals surface area contributed by atoms with Crippen LogP contribution in [0.5, 0.6) is 0 Å². The first kappa shape index (κ1) is 8.27. The Morgan fingerprint density at radius 3 is 2.92 bits per heavy atom. The van der Waals surface area contributed by atoms with Crippen molar-refractivity contribution in [3.8, 4) is 0 Å². The van der Waals surface area contributed by atoms with E-state index in [1.54, 1.807) is 0 Å². The maximum Gasteiger partial charge on any atom is 0.0303 e. The van der Waals surface area contributed by atoms with Crippen LogP contribution in [0.25, 0.3) is 0 Å². The highest BCUT2D eigenvalue weighted by Gasteiger charge is 2.22. The number of halogens is 1. The molecule has 1 nitrogen and oxygen atoms in total. The van der Waals surface area contributed by atoms with Crippen molar-refractivity contribution in [1.29, 1.82) is 0 Å². The van der Waals surface area contributed by atoms with Crippen LogP contribution in [-0.2, 0) is 6.42 Å². The Labute approximate surface area is 81.1 Å². The van der Waals surface area contributed by atoms with E-state index in [9.17, 15) is 0 Å². The molecule has 2 rings (SSSR count). The molecule has 1 aromatic carbocycles. The van der Waals surface area contributed by atoms with Crippen molar-refractivity contribution >= 4 is 15.9 Å². The molecule has 0 heterocycles. The van der Waals surface area contributed by atoms with E-state index in [0.29, 0.717) is 0 Å². The van der Waals surface area contributed by atoms with Crippen LogP contribution in [0, 0.1) is 6.92 Å². The molecule has 0 fully saturated rings. The molecule has 0 bridgehead atoms. The highest BCUT2D eigenvalue weighted by molar-refractivity contribution is 9.10. The van der Waals surface area contributed by atoms with Gasteiger partial charge in [0, 0.05) is 10.5 Å². The van der Waals surface area contributed by atoms with E-state index in [4.69, 9.17) is 5.73 Å². The van der Waals surface area contributed by atoms with Gasteiger partial charge in [-0.05, 0) is 42.5 Å². The fourth-order valence-corrected chi connectivity index (χ4v) is 2.51. The quantitative estimate of drug-likeness (QED) is 0.723. The van der Waals surface area contributed by atoms with Gasteiger partial charge in [-0.2, -0.15) is 0 Å². The Kier molecular flexibility index (Phi) is 1.97. The van der Waals surface area contributed by atoms with E-state index in [1.807, 2.05) is 0 Å². The van der Waals surface area contributed by atoms with E-state index in [1.165, 1.54) is 21.2 Å². The molecule has 1 aliphatic rings. The van der Waals surface area contributed by atoms with Crippen LogP contribution in [0.3, 0.4) is 0 Å². The molecule has 0 amide bonds. The summed E-state index contributed by atoms with van der Waals surface area (Å²) < 4.78 is 1.22. The van der Waals surface area contributed by atoms with Gasteiger partial charge in [-0.1, -0.05) is 22.0 Å². The largest absolute Gasteiger partial charge is 0.324 e. The molecule has 0 unspecified atom stereocenters. The van der Waals surface area contributed by atoms with Crippen molar-refractivity contribution in [3.05, 3.63) is 33.3 Å². The second-order valence-electron chi connectivity index (χ2n) is 3.40. The maximum absolute atomic E-state index is 6.00. The second kappa shape index (κ2) is 2.86. The van der Waals surface area contributed by atoms with Crippen molar-refractivity contribution < 1.29 is 0 Å². The lowest BCUT2D eigenvalue weighted by atomic mass is 10.0. The molecule has 1 atom stereocenters. The second-order valence-corrected chi connectivity index (χ2v) is 4.26. The molecule has 0 spiro atoms. The van der Waals surface area contributed by atoms with Gasteiger partial charge in [0.25, 0.3) is 0 Å². The number of rotatable bonds is 0. The Balaban J connectivity index is 2.64. The molecular formula is C10H12BrN. The molecular weight excluding hydrogens is 214 g/mol. The van der Waals surface area contributed by atoms with Gasteiger partial charge in [0.1, 0.15) is 0 Å². The van der Waals surface area contributed by atoms with E-state index in [0.717, 1.165) is 12.8 Å². The molecule has 2 heteroatoms. The van der Waals surface area contributed by atoms with E-state index >= 15 is 0 Å². The normalized spacial score (nSPS) is 21.1. The summed E-state index contributed by atoms with van der Waals surface area (Å²) in [5.74, 6) is 0. The van der Waals surface area contributed by atoms with Crippen LogP contribution in [0.15, 0.2) is 16.6 Å². The number of hydrogen-bond donors (Lipinski definition) is 1. The number of hydrogen-bond acceptors (Lipinski definition) is 1. The molecule has 0 saturated carbocycles. The first-order valence-corrected chi connectivity index (χ1v) is 5.03. The smallest absolute Gasteiger partial charge is 0.0303 e. The molecule has 0 radical (unpaired) electrons. The van der Waals surface area contributed by atoms with Gasteiger partial charge in [0.05, 0.1) is 0 Å². The van der Waals surface area contributed by atoms with Crippen LogP contribution in [0.1, 0.15) is 29.2 Å². The summed E-state index contributed by atoms with van der Waals surface area (Å²) in [7, 11) is 0. The molecule has 0 aromatic heterocycles. The lowest BCUT2D eigenvalue weighted by Gasteiger charge is -2.09. The third kappa shape index (κ3) is 1.10. The molecule has 12 heavy (non-hydrogen) atoms. The fraction of sp³-hybridized carbons (Fsp3) is 0.400. The van der Waals surface area contributed by atoms with Gasteiger partial charge in [-0.3, -0.25) is 0 Å². The summed E-state index contributed by atoms with van der Waals surface area (Å²) in [6.07, 6.45) is 2.22. The van der Waals surface area contributed by atoms with Crippen LogP contribution in [0.4, 0.5) is 0 Å². The maximum atomic E-state index is 6.00. The van der Waals surface area contributed by atoms with Crippen molar-refractivity contribution in [2.45, 2.75) is 25.8 Å². The Hall–Kier alpha value is -0.340. The molecule has 1 aliphatic carbocycles. The van der Waals surface area contributed by atoms with Gasteiger partial charge in [-0.25, -0.2) is 0 Å². The molecule has 0 saturated heterocycles. The van der Waals surface area contributed by atoms with Crippen molar-refractivity contribution in [1.82, 2.24) is 0 Å². The highest BCUT2D eigenvalue weighted by atomic mass is 79.9. The average Bonchev–Trinajstić information content (AvgIpc) is 2.42. The SMILES string of the molecule is Cc1ccc(Br)c2c1[C@@H](N)CC2. The Morgan fingerprint density at radius 2 is 2.25 bits per heavy atom. The van der Waals surface area contributed by atoms with Crippen LogP contribution in [0.2, 0.25) is 0 Å². The predicted molar refractivity (Wildman–Crippen MR) is 54.1 cm³/mol. The van der Waals surface area contributed by atoms with Crippen molar-refractivity contribution in [3.63, 3.8) is 0 Å². The van der Waals surface area contributed by atoms with Crippen LogP contribution >= 0.6 is 15.9 Å². The van der Waals surface area contributed by atoms with Gasteiger partial charge in [0.15, 0.2) is 0 Å². The zero-order valence-electron chi connectivity index (χ0n) is 7.10. The van der Waals surface area contributed by atoms with Gasteiger partial charge in [0.2, 0.25) is 0 Å². The summed E-state index contributed by atoms with van der Waals surface area (Å²) in [5.41, 5.74) is 10.1. The highest BCUT2D eigenvalue weighted by Crippen LogP contribution is 2.36. The van der Waals surface area contributed by atoms with Crippen molar-refractivity contribution in [2.75, 3.05) is 0 Å². The first-order valence-electron chi connectivity index (χ1n) is 4.23. The average molecular weight is 226 g/mol. The predicted octanol–water partition coefficient (Wildman–Crippen LogP) is 2.70. The third-order valence-corrected chi connectivity index (χ3v) is 3.34. The zero-order chi connectivity index (χ0) is 8.72. The zero-order valence-corrected chi connectivity index (χ0v) is 8.69. The van der Waals surface area contributed by atoms with E-state index in [-0.39, 0.29) is 6.04 Å². The van der Waals surface area contributed by atoms with Gasteiger partial charge in [-0.15, -0.1) is 0 Å². The summed E-state index contributed by atoms with van der Waals surface area (Å²) in [6, 6.07) is 4.51. The third-order valence-electron chi connectivity index (χ3n) is 2.59. The minimum absolute atomic E-state index is 0.262. The minimum Gasteiger partial charge on any atom is -0.324 e. The van der Waals surface area contributed by atoms with Gasteiger partial charge >= 0.3 is 0 Å². The fourth-order valence-electron chi connectivity index (χ4n) is 1.97. The first-order chi connectivity index (χ1) is 5.70. The summed E-state index contributed by atoms with van der Waals surface area (Å²) in [5, 5.41) is 0. The van der Waals surface area contributed by atoms with E-state index in [2.05, 4.69) is 35.0 Å². The number of aryl methyl sites for hydroxylation is 1. The lowest BCUT2D eigenvalue weighted by molar-refractivity contribution is 0.710. The van der Waals surface area contributed by atoms with Gasteiger partial charge < -0.3 is 5.73 Å². The van der Waals surface area contributed by atoms with Crippen molar-refractivity contribution in [2.24, 2.45) is 5.73 Å². The Morgan fingerprint density at radius 1 is 1.50 bits per heavy atom. The molecule has 64 valence electrons. The van der Waals surface area contributed by atoms with E-state index < -0.39 is 0 Å². The lowest BCUT2D eigenvalue weighted by Crippen LogP contribution is -2.06. The molecule has 0 aliphatic heterocycles. The molecule has 2 N–H and O–H groups in total. The minimum atomic E-state index is 0.262. The van der Waals surface area contributed by atoms with Crippen LogP contribution < -0.4 is 5.73 Å². The number of fused-ring (bicyclic) bond motifs is 1. The monoisotopic (exact) mass is 225 g/mol. The molecule has 1 aromatic rings. The Bertz CT molecular complexity index is 320. The standard InChI is InChI=1S/C10H12BrN/c1-6-2-4-8(11)7-3-5-9(12)10(6)7/h2,4,9H,3,5,12H2,1H3/t9-/m0/s1. The summed E-state index contributed by atoms with van der Waals surface area (Å²) in [4.78, 5) is 0. The summed E-state index contributed by atoms with van der Waals surface area (Å²) in [6.45, 7) is 2.14. The summed E-state index contributed by atoms with van der Waals surface area (Å²) >= 11 is 3.55. The topological polar surface area (TPSA) is 26.0 Å².